The first-order chi connectivity index (χ1) is 16.6. The van der Waals surface area contributed by atoms with Crippen LogP contribution in [0.1, 0.15) is 80.6 Å². The van der Waals surface area contributed by atoms with Crippen molar-refractivity contribution in [2.75, 3.05) is 6.54 Å². The summed E-state index contributed by atoms with van der Waals surface area (Å²) in [5.41, 5.74) is 4.66. The molecule has 0 radical (unpaired) electrons. The molecule has 4 atom stereocenters. The van der Waals surface area contributed by atoms with Crippen molar-refractivity contribution in [3.63, 3.8) is 0 Å². The zero-order chi connectivity index (χ0) is 27.4. The van der Waals surface area contributed by atoms with E-state index in [0.717, 1.165) is 19.3 Å². The SMILES string of the molecule is CC(C)NC(=O)N[C@H](C(=O)N1CC[C@H](C(C)C)[C@H]1C(=O)N[C@H](CC1CCC1)C(=O)C(N)=O)C(C)(C)C. The molecule has 1 saturated carbocycles. The number of nitrogens with zero attached hydrogens (tertiary/aromatic N) is 1. The molecule has 1 aliphatic carbocycles. The first-order valence-corrected chi connectivity index (χ1v) is 13.1. The third-order valence-electron chi connectivity index (χ3n) is 7.33. The maximum Gasteiger partial charge on any atom is 0.315 e. The Morgan fingerprint density at radius 1 is 0.944 bits per heavy atom. The van der Waals surface area contributed by atoms with E-state index in [1.54, 1.807) is 0 Å². The quantitative estimate of drug-likeness (QED) is 0.332. The number of carbonyl (C=O) groups is 5. The zero-order valence-electron chi connectivity index (χ0n) is 22.8. The monoisotopic (exact) mass is 507 g/mol. The summed E-state index contributed by atoms with van der Waals surface area (Å²) in [6.07, 6.45) is 3.93. The van der Waals surface area contributed by atoms with Gasteiger partial charge in [0.25, 0.3) is 5.91 Å². The largest absolute Gasteiger partial charge is 0.363 e. The normalized spacial score (nSPS) is 22.1. The fourth-order valence-electron chi connectivity index (χ4n) is 5.07. The van der Waals surface area contributed by atoms with Gasteiger partial charge < -0.3 is 26.6 Å². The second-order valence-electron chi connectivity index (χ2n) is 12.1. The van der Waals surface area contributed by atoms with Crippen LogP contribution < -0.4 is 21.7 Å². The molecule has 36 heavy (non-hydrogen) atoms. The fraction of sp³-hybridized carbons (Fsp3) is 0.808. The lowest BCUT2D eigenvalue weighted by atomic mass is 9.80. The summed E-state index contributed by atoms with van der Waals surface area (Å²) in [5, 5.41) is 8.31. The van der Waals surface area contributed by atoms with E-state index >= 15 is 0 Å². The van der Waals surface area contributed by atoms with Gasteiger partial charge in [-0.3, -0.25) is 19.2 Å². The molecular formula is C26H45N5O5. The lowest BCUT2D eigenvalue weighted by Crippen LogP contribution is -2.61. The van der Waals surface area contributed by atoms with Gasteiger partial charge in [-0.2, -0.15) is 0 Å². The van der Waals surface area contributed by atoms with E-state index in [2.05, 4.69) is 16.0 Å². The molecule has 0 unspecified atom stereocenters. The number of urea groups is 1. The maximum absolute atomic E-state index is 13.8. The van der Waals surface area contributed by atoms with Gasteiger partial charge in [0.15, 0.2) is 0 Å². The number of primary amides is 1. The van der Waals surface area contributed by atoms with E-state index in [0.29, 0.717) is 19.4 Å². The minimum absolute atomic E-state index is 0.0979. The standard InChI is InChI=1S/C26H45N5O5/c1-14(2)17-11-12-31(24(35)21(26(5,6)7)30-25(36)28-15(3)4)19(17)23(34)29-18(20(32)22(27)33)13-16-9-8-10-16/h14-19,21H,8-13H2,1-7H3,(H2,27,33)(H,29,34)(H2,28,30,36)/t17-,18-,19+,21-/m1/s1. The van der Waals surface area contributed by atoms with E-state index in [-0.39, 0.29) is 29.7 Å². The number of nitrogens with one attached hydrogen (secondary N) is 3. The summed E-state index contributed by atoms with van der Waals surface area (Å²) < 4.78 is 0. The molecule has 204 valence electrons. The highest BCUT2D eigenvalue weighted by Crippen LogP contribution is 2.34. The Labute approximate surface area is 214 Å². The van der Waals surface area contributed by atoms with Crippen LogP contribution in [-0.2, 0) is 19.2 Å². The molecule has 5 amide bonds. The molecule has 1 saturated heterocycles. The third-order valence-corrected chi connectivity index (χ3v) is 7.33. The number of likely N-dealkylation sites (tertiary alicyclic amines) is 1. The van der Waals surface area contributed by atoms with Gasteiger partial charge in [-0.25, -0.2) is 4.79 Å². The van der Waals surface area contributed by atoms with Crippen LogP contribution in [0.5, 0.6) is 0 Å². The topological polar surface area (TPSA) is 151 Å². The van der Waals surface area contributed by atoms with Gasteiger partial charge in [-0.15, -0.1) is 0 Å². The molecule has 5 N–H and O–H groups in total. The molecule has 1 aliphatic heterocycles. The predicted molar refractivity (Wildman–Crippen MR) is 137 cm³/mol. The number of ketones is 1. The number of rotatable bonds is 10. The number of hydrogen-bond acceptors (Lipinski definition) is 5. The van der Waals surface area contributed by atoms with Gasteiger partial charge in [0.2, 0.25) is 17.6 Å². The Morgan fingerprint density at radius 2 is 1.56 bits per heavy atom. The highest BCUT2D eigenvalue weighted by atomic mass is 16.2. The summed E-state index contributed by atoms with van der Waals surface area (Å²) in [4.78, 5) is 65.7. The van der Waals surface area contributed by atoms with E-state index in [1.165, 1.54) is 4.90 Å². The number of amides is 5. The van der Waals surface area contributed by atoms with Gasteiger partial charge in [-0.05, 0) is 49.9 Å². The summed E-state index contributed by atoms with van der Waals surface area (Å²) in [6.45, 7) is 13.6. The second-order valence-corrected chi connectivity index (χ2v) is 12.1. The van der Waals surface area contributed by atoms with Crippen molar-refractivity contribution in [3.8, 4) is 0 Å². The lowest BCUT2D eigenvalue weighted by molar-refractivity contribution is -0.144. The van der Waals surface area contributed by atoms with Crippen LogP contribution in [0.2, 0.25) is 0 Å². The Hall–Kier alpha value is -2.65. The van der Waals surface area contributed by atoms with E-state index < -0.39 is 47.2 Å². The average molecular weight is 508 g/mol. The Bertz CT molecular complexity index is 846. The summed E-state index contributed by atoms with van der Waals surface area (Å²) in [7, 11) is 0. The van der Waals surface area contributed by atoms with Crippen molar-refractivity contribution in [1.29, 1.82) is 0 Å². The Balaban J connectivity index is 2.31. The molecule has 10 heteroatoms. The zero-order valence-corrected chi connectivity index (χ0v) is 22.8. The molecule has 0 aromatic carbocycles. The number of carbonyl (C=O) groups excluding carboxylic acids is 5. The van der Waals surface area contributed by atoms with Gasteiger partial charge >= 0.3 is 6.03 Å². The van der Waals surface area contributed by atoms with Crippen molar-refractivity contribution in [3.05, 3.63) is 0 Å². The summed E-state index contributed by atoms with van der Waals surface area (Å²) in [6, 6.07) is -3.24. The molecule has 0 aromatic rings. The lowest BCUT2D eigenvalue weighted by Gasteiger charge is -2.37. The third kappa shape index (κ3) is 7.43. The van der Waals surface area contributed by atoms with Crippen molar-refractivity contribution < 1.29 is 24.0 Å². The minimum Gasteiger partial charge on any atom is -0.363 e. The van der Waals surface area contributed by atoms with Crippen molar-refractivity contribution in [1.82, 2.24) is 20.9 Å². The van der Waals surface area contributed by atoms with E-state index in [9.17, 15) is 24.0 Å². The fourth-order valence-corrected chi connectivity index (χ4v) is 5.07. The van der Waals surface area contributed by atoms with Crippen molar-refractivity contribution in [2.45, 2.75) is 105 Å². The predicted octanol–water partition coefficient (Wildman–Crippen LogP) is 1.71. The molecule has 2 fully saturated rings. The smallest absolute Gasteiger partial charge is 0.315 e. The number of hydrogen-bond donors (Lipinski definition) is 4. The van der Waals surface area contributed by atoms with Crippen LogP contribution in [0.15, 0.2) is 0 Å². The van der Waals surface area contributed by atoms with E-state index in [1.807, 2.05) is 48.5 Å². The molecule has 1 heterocycles. The Morgan fingerprint density at radius 3 is 2.00 bits per heavy atom. The van der Waals surface area contributed by atoms with Crippen LogP contribution in [0.4, 0.5) is 4.79 Å². The number of nitrogens with two attached hydrogens (primary N) is 1. The number of Topliss-reactive ketones (excluding diaryl/α,β-unsaturated/α-hetero) is 1. The van der Waals surface area contributed by atoms with Crippen LogP contribution in [0.25, 0.3) is 0 Å². The minimum atomic E-state index is -1.08. The maximum atomic E-state index is 13.8. The molecule has 0 bridgehead atoms. The Kier molecular flexibility index (Phi) is 9.91. The molecule has 10 nitrogen and oxygen atoms in total. The van der Waals surface area contributed by atoms with E-state index in [4.69, 9.17) is 5.73 Å². The first kappa shape index (κ1) is 29.6. The van der Waals surface area contributed by atoms with Gasteiger partial charge in [0.1, 0.15) is 12.1 Å². The van der Waals surface area contributed by atoms with Gasteiger partial charge in [0, 0.05) is 12.6 Å². The van der Waals surface area contributed by atoms with Crippen molar-refractivity contribution >= 4 is 29.5 Å². The average Bonchev–Trinajstić information content (AvgIpc) is 3.16. The van der Waals surface area contributed by atoms with Crippen LogP contribution in [-0.4, -0.2) is 65.1 Å². The van der Waals surface area contributed by atoms with Crippen LogP contribution >= 0.6 is 0 Å². The molecule has 2 aliphatic rings. The van der Waals surface area contributed by atoms with Gasteiger partial charge in [-0.1, -0.05) is 53.9 Å². The highest BCUT2D eigenvalue weighted by molar-refractivity contribution is 6.37. The summed E-state index contributed by atoms with van der Waals surface area (Å²) >= 11 is 0. The van der Waals surface area contributed by atoms with Crippen molar-refractivity contribution in [2.24, 2.45) is 28.9 Å². The first-order valence-electron chi connectivity index (χ1n) is 13.1. The molecular weight excluding hydrogens is 462 g/mol. The second kappa shape index (κ2) is 12.1. The summed E-state index contributed by atoms with van der Waals surface area (Å²) in [5.74, 6) is -2.47. The molecule has 0 spiro atoms. The molecule has 2 rings (SSSR count). The van der Waals surface area contributed by atoms with Gasteiger partial charge in [0.05, 0.1) is 6.04 Å². The van der Waals surface area contributed by atoms with Crippen LogP contribution in [0, 0.1) is 23.2 Å². The molecule has 0 aromatic heterocycles. The highest BCUT2D eigenvalue weighted by Gasteiger charge is 2.47. The van der Waals surface area contributed by atoms with Crippen LogP contribution in [0.3, 0.4) is 0 Å².